The highest BCUT2D eigenvalue weighted by Crippen LogP contribution is 2.17. The second kappa shape index (κ2) is 9.53. The van der Waals surface area contributed by atoms with Gasteiger partial charge in [-0.1, -0.05) is 0 Å². The van der Waals surface area contributed by atoms with Crippen LogP contribution in [0.4, 0.5) is 11.4 Å². The molecule has 0 fully saturated rings. The number of hydrogen-bond donors (Lipinski definition) is 2. The number of nitrogens with zero attached hydrogens (tertiary/aromatic N) is 2. The van der Waals surface area contributed by atoms with Gasteiger partial charge in [-0.2, -0.15) is 0 Å². The first-order chi connectivity index (χ1) is 12.5. The minimum Gasteiger partial charge on any atom is -0.465 e. The normalized spacial score (nSPS) is 10.5. The van der Waals surface area contributed by atoms with Crippen molar-refractivity contribution in [2.45, 2.75) is 6.42 Å². The summed E-state index contributed by atoms with van der Waals surface area (Å²) in [7, 11) is 5.34. The molecule has 0 atom stereocenters. The minimum atomic E-state index is -0.381. The van der Waals surface area contributed by atoms with Gasteiger partial charge in [-0.05, 0) is 63.5 Å². The maximum atomic E-state index is 12.2. The van der Waals surface area contributed by atoms with E-state index in [0.717, 1.165) is 24.3 Å². The van der Waals surface area contributed by atoms with Gasteiger partial charge < -0.3 is 20.3 Å². The van der Waals surface area contributed by atoms with E-state index in [2.05, 4.69) is 25.3 Å². The van der Waals surface area contributed by atoms with E-state index in [1.54, 1.807) is 42.6 Å². The molecule has 7 heteroatoms. The van der Waals surface area contributed by atoms with Crippen molar-refractivity contribution in [3.05, 3.63) is 53.9 Å². The zero-order valence-electron chi connectivity index (χ0n) is 15.3. The van der Waals surface area contributed by atoms with Gasteiger partial charge in [0.2, 0.25) is 0 Å². The summed E-state index contributed by atoms with van der Waals surface area (Å²) in [4.78, 5) is 29.8. The Morgan fingerprint density at radius 1 is 1.12 bits per heavy atom. The van der Waals surface area contributed by atoms with Gasteiger partial charge in [0.25, 0.3) is 5.91 Å². The van der Waals surface area contributed by atoms with Crippen LogP contribution in [0.1, 0.15) is 27.3 Å². The first kappa shape index (κ1) is 19.4. The summed E-state index contributed by atoms with van der Waals surface area (Å²) < 4.78 is 4.68. The zero-order chi connectivity index (χ0) is 18.9. The SMILES string of the molecule is COC(=O)c1ccc(Nc2ccnc(C(=O)NCCCN(C)C)c2)cc1. The fourth-order valence-electron chi connectivity index (χ4n) is 2.29. The molecule has 7 nitrogen and oxygen atoms in total. The standard InChI is InChI=1S/C19H24N4O3/c1-23(2)12-4-10-21-18(24)17-13-16(9-11-20-17)22-15-7-5-14(6-8-15)19(25)26-3/h5-9,11,13H,4,10,12H2,1-3H3,(H,20,22)(H,21,24). The van der Waals surface area contributed by atoms with Crippen molar-refractivity contribution in [3.8, 4) is 0 Å². The number of rotatable bonds is 8. The average molecular weight is 356 g/mol. The van der Waals surface area contributed by atoms with Crippen LogP contribution in [0, 0.1) is 0 Å². The van der Waals surface area contributed by atoms with Crippen LogP contribution in [-0.4, -0.2) is 56.1 Å². The van der Waals surface area contributed by atoms with E-state index < -0.39 is 0 Å². The number of pyridine rings is 1. The van der Waals surface area contributed by atoms with E-state index in [1.807, 2.05) is 14.1 Å². The van der Waals surface area contributed by atoms with Gasteiger partial charge in [-0.3, -0.25) is 9.78 Å². The Morgan fingerprint density at radius 2 is 1.85 bits per heavy atom. The Morgan fingerprint density at radius 3 is 2.50 bits per heavy atom. The molecule has 0 saturated heterocycles. The third kappa shape index (κ3) is 5.86. The molecule has 1 aromatic heterocycles. The van der Waals surface area contributed by atoms with E-state index in [0.29, 0.717) is 17.8 Å². The van der Waals surface area contributed by atoms with Crippen LogP contribution in [0.2, 0.25) is 0 Å². The Labute approximate surface area is 153 Å². The maximum absolute atomic E-state index is 12.2. The first-order valence-corrected chi connectivity index (χ1v) is 8.34. The maximum Gasteiger partial charge on any atom is 0.337 e. The second-order valence-electron chi connectivity index (χ2n) is 6.04. The van der Waals surface area contributed by atoms with E-state index >= 15 is 0 Å². The molecule has 1 amide bonds. The quantitative estimate of drug-likeness (QED) is 0.558. The fourth-order valence-corrected chi connectivity index (χ4v) is 2.29. The molecule has 0 aliphatic heterocycles. The van der Waals surface area contributed by atoms with Gasteiger partial charge in [0.1, 0.15) is 5.69 Å². The molecule has 2 N–H and O–H groups in total. The Hall–Kier alpha value is -2.93. The largest absolute Gasteiger partial charge is 0.465 e. The molecule has 0 unspecified atom stereocenters. The first-order valence-electron chi connectivity index (χ1n) is 8.34. The van der Waals surface area contributed by atoms with Crippen molar-refractivity contribution < 1.29 is 14.3 Å². The van der Waals surface area contributed by atoms with E-state index in [-0.39, 0.29) is 11.9 Å². The molecule has 0 saturated carbocycles. The summed E-state index contributed by atoms with van der Waals surface area (Å²) in [5.74, 6) is -0.581. The molecule has 2 aromatic rings. The predicted molar refractivity (Wildman–Crippen MR) is 101 cm³/mol. The summed E-state index contributed by atoms with van der Waals surface area (Å²) in [5.41, 5.74) is 2.36. The molecule has 0 spiro atoms. The minimum absolute atomic E-state index is 0.201. The fraction of sp³-hybridized carbons (Fsp3) is 0.316. The van der Waals surface area contributed by atoms with Gasteiger partial charge in [0, 0.05) is 24.1 Å². The molecule has 2 rings (SSSR count). The van der Waals surface area contributed by atoms with Gasteiger partial charge in [-0.25, -0.2) is 4.79 Å². The van der Waals surface area contributed by atoms with Gasteiger partial charge in [-0.15, -0.1) is 0 Å². The van der Waals surface area contributed by atoms with Crippen molar-refractivity contribution in [2.75, 3.05) is 39.6 Å². The number of benzene rings is 1. The highest BCUT2D eigenvalue weighted by Gasteiger charge is 2.08. The van der Waals surface area contributed by atoms with Gasteiger partial charge in [0.05, 0.1) is 12.7 Å². The number of carbonyl (C=O) groups excluding carboxylic acids is 2. The van der Waals surface area contributed by atoms with Crippen LogP contribution in [0.3, 0.4) is 0 Å². The number of carbonyl (C=O) groups is 2. The molecule has 1 heterocycles. The lowest BCUT2D eigenvalue weighted by Gasteiger charge is -2.11. The Bertz CT molecular complexity index is 745. The van der Waals surface area contributed by atoms with Crippen LogP contribution >= 0.6 is 0 Å². The molecule has 0 radical (unpaired) electrons. The second-order valence-corrected chi connectivity index (χ2v) is 6.04. The molecule has 0 aliphatic rings. The highest BCUT2D eigenvalue weighted by atomic mass is 16.5. The van der Waals surface area contributed by atoms with Crippen molar-refractivity contribution in [1.82, 2.24) is 15.2 Å². The van der Waals surface area contributed by atoms with Gasteiger partial charge >= 0.3 is 5.97 Å². The summed E-state index contributed by atoms with van der Waals surface area (Å²) in [6.07, 6.45) is 2.46. The van der Waals surface area contributed by atoms with Gasteiger partial charge in [0.15, 0.2) is 0 Å². The number of aromatic nitrogens is 1. The van der Waals surface area contributed by atoms with Crippen LogP contribution in [0.25, 0.3) is 0 Å². The van der Waals surface area contributed by atoms with Crippen molar-refractivity contribution >= 4 is 23.3 Å². The van der Waals surface area contributed by atoms with Crippen LogP contribution < -0.4 is 10.6 Å². The summed E-state index contributed by atoms with van der Waals surface area (Å²) in [6.45, 7) is 1.52. The van der Waals surface area contributed by atoms with Crippen molar-refractivity contribution in [1.29, 1.82) is 0 Å². The molecule has 1 aromatic carbocycles. The Kier molecular flexibility index (Phi) is 7.11. The number of methoxy groups -OCH3 is 1. The van der Waals surface area contributed by atoms with Crippen LogP contribution in [-0.2, 0) is 4.74 Å². The van der Waals surface area contributed by atoms with E-state index in [9.17, 15) is 9.59 Å². The lowest BCUT2D eigenvalue weighted by atomic mass is 10.2. The highest BCUT2D eigenvalue weighted by molar-refractivity contribution is 5.93. The number of anilines is 2. The third-order valence-electron chi connectivity index (χ3n) is 3.65. The lowest BCUT2D eigenvalue weighted by Crippen LogP contribution is -2.27. The predicted octanol–water partition coefficient (Wildman–Crippen LogP) is 2.29. The number of hydrogen-bond acceptors (Lipinski definition) is 6. The number of ether oxygens (including phenoxy) is 1. The summed E-state index contributed by atoms with van der Waals surface area (Å²) in [6, 6.07) is 10.4. The number of esters is 1. The number of nitrogens with one attached hydrogen (secondary N) is 2. The molecule has 0 aliphatic carbocycles. The molecule has 26 heavy (non-hydrogen) atoms. The summed E-state index contributed by atoms with van der Waals surface area (Å²) >= 11 is 0. The number of amides is 1. The zero-order valence-corrected chi connectivity index (χ0v) is 15.3. The van der Waals surface area contributed by atoms with E-state index in [4.69, 9.17) is 0 Å². The monoisotopic (exact) mass is 356 g/mol. The molecule has 0 bridgehead atoms. The smallest absolute Gasteiger partial charge is 0.337 e. The molecular formula is C19H24N4O3. The summed E-state index contributed by atoms with van der Waals surface area (Å²) in [5, 5.41) is 6.05. The molecular weight excluding hydrogens is 332 g/mol. The average Bonchev–Trinajstić information content (AvgIpc) is 2.65. The van der Waals surface area contributed by atoms with Crippen molar-refractivity contribution in [2.24, 2.45) is 0 Å². The van der Waals surface area contributed by atoms with E-state index in [1.165, 1.54) is 7.11 Å². The van der Waals surface area contributed by atoms with Crippen LogP contribution in [0.5, 0.6) is 0 Å². The third-order valence-corrected chi connectivity index (χ3v) is 3.65. The topological polar surface area (TPSA) is 83.6 Å². The molecule has 138 valence electrons. The Balaban J connectivity index is 1.96. The lowest BCUT2D eigenvalue weighted by molar-refractivity contribution is 0.0600. The van der Waals surface area contributed by atoms with Crippen molar-refractivity contribution in [3.63, 3.8) is 0 Å². The van der Waals surface area contributed by atoms with Crippen LogP contribution in [0.15, 0.2) is 42.6 Å².